The molecule has 2 heterocycles. The number of anilines is 1. The topological polar surface area (TPSA) is 85.3 Å². The van der Waals surface area contributed by atoms with Crippen molar-refractivity contribution in [3.8, 4) is 17.2 Å². The van der Waals surface area contributed by atoms with Crippen LogP contribution in [0.5, 0.6) is 17.2 Å². The van der Waals surface area contributed by atoms with Gasteiger partial charge >= 0.3 is 0 Å². The number of amidine groups is 1. The Kier molecular flexibility index (Phi) is 7.40. The number of carbonyl (C=O) groups is 1. The second-order valence-electron chi connectivity index (χ2n) is 8.73. The molecular formula is C26H22Cl2N2O5S2. The number of thioether (sulfide) groups is 1. The number of fused-ring (bicyclic) bond motifs is 1. The van der Waals surface area contributed by atoms with Crippen LogP contribution < -0.4 is 14.4 Å². The van der Waals surface area contributed by atoms with Gasteiger partial charge in [-0.15, -0.1) is 0 Å². The first-order valence-electron chi connectivity index (χ1n) is 11.4. The second-order valence-corrected chi connectivity index (χ2v) is 13.0. The van der Waals surface area contributed by atoms with Crippen LogP contribution in [0.1, 0.15) is 5.56 Å². The third-order valence-corrected chi connectivity index (χ3v) is 9.56. The van der Waals surface area contributed by atoms with E-state index in [0.29, 0.717) is 38.1 Å². The number of hydrogen-bond donors (Lipinski definition) is 0. The highest BCUT2D eigenvalue weighted by Gasteiger charge is 2.50. The molecule has 1 amide bonds. The predicted octanol–water partition coefficient (Wildman–Crippen LogP) is 5.77. The van der Waals surface area contributed by atoms with Crippen LogP contribution in [0.3, 0.4) is 0 Å². The van der Waals surface area contributed by atoms with Crippen LogP contribution in [0.15, 0.2) is 71.7 Å². The summed E-state index contributed by atoms with van der Waals surface area (Å²) < 4.78 is 36.7. The summed E-state index contributed by atoms with van der Waals surface area (Å²) >= 11 is 13.5. The average Bonchev–Trinajstić information content (AvgIpc) is 3.30. The van der Waals surface area contributed by atoms with Crippen molar-refractivity contribution >= 4 is 61.6 Å². The zero-order valence-corrected chi connectivity index (χ0v) is 22.8. The molecule has 192 valence electrons. The van der Waals surface area contributed by atoms with Crippen molar-refractivity contribution in [3.05, 3.63) is 82.3 Å². The molecule has 37 heavy (non-hydrogen) atoms. The number of hydrogen-bond acceptors (Lipinski definition) is 6. The monoisotopic (exact) mass is 576 g/mol. The van der Waals surface area contributed by atoms with Gasteiger partial charge in [0, 0.05) is 15.3 Å². The molecule has 2 fully saturated rings. The van der Waals surface area contributed by atoms with Gasteiger partial charge in [0.1, 0.15) is 11.5 Å². The Balaban J connectivity index is 1.47. The zero-order valence-electron chi connectivity index (χ0n) is 19.6. The van der Waals surface area contributed by atoms with Crippen molar-refractivity contribution in [1.82, 2.24) is 0 Å². The fourth-order valence-electron chi connectivity index (χ4n) is 4.23. The lowest BCUT2D eigenvalue weighted by molar-refractivity contribution is -0.119. The third kappa shape index (κ3) is 6.06. The van der Waals surface area contributed by atoms with Crippen molar-refractivity contribution in [1.29, 1.82) is 0 Å². The van der Waals surface area contributed by atoms with Crippen molar-refractivity contribution in [2.75, 3.05) is 23.0 Å². The van der Waals surface area contributed by atoms with E-state index in [9.17, 15) is 13.2 Å². The van der Waals surface area contributed by atoms with Crippen LogP contribution in [0.25, 0.3) is 0 Å². The maximum Gasteiger partial charge on any atom is 0.285 e. The average molecular weight is 578 g/mol. The SMILES string of the molecule is Cc1cccc(Oc2ccc(Cl)cc2N2C(=NC(=O)COc3ccc(Cl)cc3)S[C@H]3CS(=O)(=O)C[C@H]32)c1. The molecule has 2 aliphatic heterocycles. The molecule has 0 radical (unpaired) electrons. The first kappa shape index (κ1) is 25.9. The van der Waals surface area contributed by atoms with Gasteiger partial charge in [-0.1, -0.05) is 47.1 Å². The third-order valence-electron chi connectivity index (χ3n) is 5.86. The van der Waals surface area contributed by atoms with Gasteiger partial charge in [-0.3, -0.25) is 4.79 Å². The minimum absolute atomic E-state index is 0.00194. The van der Waals surface area contributed by atoms with Gasteiger partial charge in [-0.2, -0.15) is 4.99 Å². The summed E-state index contributed by atoms with van der Waals surface area (Å²) in [6, 6.07) is 18.9. The fourth-order valence-corrected chi connectivity index (χ4v) is 8.45. The lowest BCUT2D eigenvalue weighted by Crippen LogP contribution is -2.38. The summed E-state index contributed by atoms with van der Waals surface area (Å²) in [5.74, 6) is 1.02. The van der Waals surface area contributed by atoms with E-state index < -0.39 is 21.8 Å². The lowest BCUT2D eigenvalue weighted by Gasteiger charge is -2.27. The van der Waals surface area contributed by atoms with Gasteiger partial charge in [0.25, 0.3) is 5.91 Å². The van der Waals surface area contributed by atoms with E-state index in [1.54, 1.807) is 47.4 Å². The number of halogens is 2. The standard InChI is InChI=1S/C26H22Cl2N2O5S2/c1-16-3-2-4-20(11-16)35-23-10-7-18(28)12-21(23)30-22-14-37(32,33)15-24(22)36-26(30)29-25(31)13-34-19-8-5-17(27)6-9-19/h2-12,22,24H,13-15H2,1H3/t22-,24+/m1/s1. The number of amides is 1. The normalized spacial score (nSPS) is 21.2. The predicted molar refractivity (Wildman–Crippen MR) is 148 cm³/mol. The van der Waals surface area contributed by atoms with E-state index in [1.165, 1.54) is 11.8 Å². The summed E-state index contributed by atoms with van der Waals surface area (Å²) in [5, 5.41) is 1.10. The molecule has 5 rings (SSSR count). The minimum atomic E-state index is -3.25. The molecule has 0 spiro atoms. The molecule has 3 aromatic carbocycles. The van der Waals surface area contributed by atoms with Gasteiger partial charge in [0.2, 0.25) is 0 Å². The Morgan fingerprint density at radius 3 is 2.54 bits per heavy atom. The smallest absolute Gasteiger partial charge is 0.285 e. The number of aryl methyl sites for hydroxylation is 1. The molecule has 11 heteroatoms. The summed E-state index contributed by atoms with van der Waals surface area (Å²) in [6.07, 6.45) is 0. The second kappa shape index (κ2) is 10.6. The summed E-state index contributed by atoms with van der Waals surface area (Å²) in [6.45, 7) is 1.68. The Morgan fingerprint density at radius 2 is 1.78 bits per heavy atom. The summed E-state index contributed by atoms with van der Waals surface area (Å²) in [5.41, 5.74) is 1.57. The maximum absolute atomic E-state index is 12.8. The minimum Gasteiger partial charge on any atom is -0.484 e. The van der Waals surface area contributed by atoms with Gasteiger partial charge in [0.05, 0.1) is 23.2 Å². The number of carbonyl (C=O) groups excluding carboxylic acids is 1. The molecular weight excluding hydrogens is 555 g/mol. The molecule has 2 saturated heterocycles. The lowest BCUT2D eigenvalue weighted by atomic mass is 10.2. The van der Waals surface area contributed by atoms with Crippen LogP contribution in [0.2, 0.25) is 10.0 Å². The van der Waals surface area contributed by atoms with Gasteiger partial charge in [-0.05, 0) is 67.1 Å². The van der Waals surface area contributed by atoms with Crippen molar-refractivity contribution in [2.45, 2.75) is 18.2 Å². The van der Waals surface area contributed by atoms with E-state index in [0.717, 1.165) is 5.56 Å². The van der Waals surface area contributed by atoms with Crippen LogP contribution >= 0.6 is 35.0 Å². The number of ether oxygens (including phenoxy) is 2. The first-order valence-corrected chi connectivity index (χ1v) is 14.8. The number of nitrogens with zero attached hydrogens (tertiary/aromatic N) is 2. The zero-order chi connectivity index (χ0) is 26.2. The molecule has 2 aliphatic rings. The maximum atomic E-state index is 12.8. The van der Waals surface area contributed by atoms with Crippen molar-refractivity contribution in [2.24, 2.45) is 4.99 Å². The van der Waals surface area contributed by atoms with Gasteiger partial charge < -0.3 is 14.4 Å². The Morgan fingerprint density at radius 1 is 1.03 bits per heavy atom. The number of aliphatic imine (C=N–C) groups is 1. The largest absolute Gasteiger partial charge is 0.484 e. The van der Waals surface area contributed by atoms with Gasteiger partial charge in [0.15, 0.2) is 27.4 Å². The highest BCUT2D eigenvalue weighted by atomic mass is 35.5. The number of sulfone groups is 1. The van der Waals surface area contributed by atoms with Gasteiger partial charge in [-0.25, -0.2) is 8.42 Å². The number of rotatable bonds is 6. The molecule has 3 aromatic rings. The Hall–Kier alpha value is -2.72. The van der Waals surface area contributed by atoms with Crippen molar-refractivity contribution < 1.29 is 22.7 Å². The van der Waals surface area contributed by atoms with E-state index in [2.05, 4.69) is 4.99 Å². The molecule has 0 bridgehead atoms. The van der Waals surface area contributed by atoms with E-state index >= 15 is 0 Å². The van der Waals surface area contributed by atoms with E-state index in [-0.39, 0.29) is 23.4 Å². The Labute approximate surface area is 229 Å². The fraction of sp³-hybridized carbons (Fsp3) is 0.231. The van der Waals surface area contributed by atoms with E-state index in [1.807, 2.05) is 31.2 Å². The highest BCUT2D eigenvalue weighted by Crippen LogP contribution is 2.45. The molecule has 0 saturated carbocycles. The number of benzene rings is 3. The Bertz CT molecular complexity index is 1480. The van der Waals surface area contributed by atoms with Crippen LogP contribution in [0.4, 0.5) is 5.69 Å². The summed E-state index contributed by atoms with van der Waals surface area (Å²) in [7, 11) is -3.25. The quantitative estimate of drug-likeness (QED) is 0.368. The molecule has 0 aromatic heterocycles. The summed E-state index contributed by atoms with van der Waals surface area (Å²) in [4.78, 5) is 18.9. The first-order chi connectivity index (χ1) is 17.7. The van der Waals surface area contributed by atoms with Crippen LogP contribution in [-0.4, -0.2) is 48.9 Å². The molecule has 2 atom stereocenters. The molecule has 0 N–H and O–H groups in total. The van der Waals surface area contributed by atoms with Crippen molar-refractivity contribution in [3.63, 3.8) is 0 Å². The highest BCUT2D eigenvalue weighted by molar-refractivity contribution is 8.16. The van der Waals surface area contributed by atoms with Crippen LogP contribution in [-0.2, 0) is 14.6 Å². The van der Waals surface area contributed by atoms with Crippen LogP contribution in [0, 0.1) is 6.92 Å². The molecule has 0 aliphatic carbocycles. The molecule has 7 nitrogen and oxygen atoms in total. The molecule has 0 unspecified atom stereocenters. The van der Waals surface area contributed by atoms with E-state index in [4.69, 9.17) is 32.7 Å².